The third-order valence-electron chi connectivity index (χ3n) is 4.57. The Bertz CT molecular complexity index is 1060. The second-order valence-electron chi connectivity index (χ2n) is 6.41. The SMILES string of the molecule is N#Cc1ccccc1-c1ccccc1C(=O)NCC1COc2ccccc2O1. The highest BCUT2D eigenvalue weighted by Crippen LogP contribution is 2.31. The Balaban J connectivity index is 1.50. The lowest BCUT2D eigenvalue weighted by Crippen LogP contribution is -2.40. The molecular formula is C23H18N2O3. The molecule has 3 aromatic rings. The normalized spacial score (nSPS) is 14.8. The topological polar surface area (TPSA) is 71.4 Å². The zero-order valence-electron chi connectivity index (χ0n) is 15.1. The van der Waals surface area contributed by atoms with Crippen molar-refractivity contribution in [2.45, 2.75) is 6.10 Å². The van der Waals surface area contributed by atoms with Crippen LogP contribution >= 0.6 is 0 Å². The zero-order chi connectivity index (χ0) is 19.3. The van der Waals surface area contributed by atoms with Gasteiger partial charge >= 0.3 is 0 Å². The number of nitriles is 1. The Morgan fingerprint density at radius 3 is 2.46 bits per heavy atom. The highest BCUT2D eigenvalue weighted by atomic mass is 16.6. The van der Waals surface area contributed by atoms with E-state index in [1.54, 1.807) is 12.1 Å². The maximum absolute atomic E-state index is 12.8. The molecule has 0 aliphatic carbocycles. The molecule has 0 saturated carbocycles. The van der Waals surface area contributed by atoms with E-state index in [0.29, 0.717) is 35.8 Å². The number of benzene rings is 3. The standard InChI is InChI=1S/C23H18N2O3/c24-13-16-7-1-2-8-18(16)19-9-3-4-10-20(19)23(26)25-14-17-15-27-21-11-5-6-12-22(21)28-17/h1-12,17H,14-15H2,(H,25,26). The van der Waals surface area contributed by atoms with E-state index in [9.17, 15) is 10.1 Å². The third-order valence-corrected chi connectivity index (χ3v) is 4.57. The molecule has 5 heteroatoms. The van der Waals surface area contributed by atoms with Crippen LogP contribution in [0.15, 0.2) is 72.8 Å². The maximum Gasteiger partial charge on any atom is 0.252 e. The van der Waals surface area contributed by atoms with Gasteiger partial charge in [0.05, 0.1) is 18.2 Å². The number of carbonyl (C=O) groups excluding carboxylic acids is 1. The number of nitrogens with zero attached hydrogens (tertiary/aromatic N) is 1. The van der Waals surface area contributed by atoms with Crippen molar-refractivity contribution < 1.29 is 14.3 Å². The summed E-state index contributed by atoms with van der Waals surface area (Å²) in [6.45, 7) is 0.692. The highest BCUT2D eigenvalue weighted by molar-refractivity contribution is 6.01. The van der Waals surface area contributed by atoms with Crippen molar-refractivity contribution in [1.29, 1.82) is 5.26 Å². The lowest BCUT2D eigenvalue weighted by Gasteiger charge is -2.26. The van der Waals surface area contributed by atoms with Gasteiger partial charge in [-0.05, 0) is 29.8 Å². The van der Waals surface area contributed by atoms with E-state index in [1.165, 1.54) is 0 Å². The fraction of sp³-hybridized carbons (Fsp3) is 0.130. The fourth-order valence-corrected chi connectivity index (χ4v) is 3.20. The maximum atomic E-state index is 12.8. The molecule has 1 aliphatic heterocycles. The van der Waals surface area contributed by atoms with Crippen LogP contribution in [-0.4, -0.2) is 25.2 Å². The summed E-state index contributed by atoms with van der Waals surface area (Å²) in [7, 11) is 0. The summed E-state index contributed by atoms with van der Waals surface area (Å²) in [5, 5.41) is 12.3. The summed E-state index contributed by atoms with van der Waals surface area (Å²) in [4.78, 5) is 12.8. The minimum absolute atomic E-state index is 0.217. The monoisotopic (exact) mass is 370 g/mol. The molecule has 1 atom stereocenters. The number of hydrogen-bond acceptors (Lipinski definition) is 4. The van der Waals surface area contributed by atoms with Gasteiger partial charge in [-0.2, -0.15) is 5.26 Å². The van der Waals surface area contributed by atoms with Gasteiger partial charge in [0.1, 0.15) is 12.7 Å². The molecule has 4 rings (SSSR count). The number of carbonyl (C=O) groups is 1. The van der Waals surface area contributed by atoms with Gasteiger partial charge < -0.3 is 14.8 Å². The van der Waals surface area contributed by atoms with Gasteiger partial charge in [-0.3, -0.25) is 4.79 Å². The predicted octanol–water partition coefficient (Wildman–Crippen LogP) is 3.80. The van der Waals surface area contributed by atoms with Crippen LogP contribution in [0.5, 0.6) is 11.5 Å². The molecule has 1 amide bonds. The Morgan fingerprint density at radius 2 is 1.64 bits per heavy atom. The van der Waals surface area contributed by atoms with E-state index in [-0.39, 0.29) is 12.0 Å². The van der Waals surface area contributed by atoms with E-state index in [0.717, 1.165) is 11.1 Å². The number of amides is 1. The van der Waals surface area contributed by atoms with Gasteiger partial charge in [0, 0.05) is 11.1 Å². The summed E-state index contributed by atoms with van der Waals surface area (Å²) in [5.74, 6) is 1.17. The van der Waals surface area contributed by atoms with E-state index in [2.05, 4.69) is 11.4 Å². The lowest BCUT2D eigenvalue weighted by atomic mass is 9.95. The Hall–Kier alpha value is -3.78. The van der Waals surface area contributed by atoms with Crippen LogP contribution in [-0.2, 0) is 0 Å². The average molecular weight is 370 g/mol. The molecule has 1 heterocycles. The molecule has 0 fully saturated rings. The van der Waals surface area contributed by atoms with Crippen LogP contribution in [0.1, 0.15) is 15.9 Å². The van der Waals surface area contributed by atoms with Crippen LogP contribution in [0, 0.1) is 11.3 Å². The van der Waals surface area contributed by atoms with Gasteiger partial charge in [-0.1, -0.05) is 48.5 Å². The molecular weight excluding hydrogens is 352 g/mol. The van der Waals surface area contributed by atoms with Crippen molar-refractivity contribution in [3.63, 3.8) is 0 Å². The first-order valence-electron chi connectivity index (χ1n) is 9.01. The minimum atomic E-state index is -0.266. The fourth-order valence-electron chi connectivity index (χ4n) is 3.20. The van der Waals surface area contributed by atoms with Crippen LogP contribution in [0.3, 0.4) is 0 Å². The number of fused-ring (bicyclic) bond motifs is 1. The Labute approximate surface area is 163 Å². The van der Waals surface area contributed by atoms with Crippen molar-refractivity contribution in [1.82, 2.24) is 5.32 Å². The number of rotatable bonds is 4. The molecule has 0 aromatic heterocycles. The van der Waals surface area contributed by atoms with Crippen LogP contribution < -0.4 is 14.8 Å². The smallest absolute Gasteiger partial charge is 0.252 e. The van der Waals surface area contributed by atoms with Crippen molar-refractivity contribution >= 4 is 5.91 Å². The van der Waals surface area contributed by atoms with E-state index >= 15 is 0 Å². The number of ether oxygens (including phenoxy) is 2. The molecule has 3 aromatic carbocycles. The summed E-state index contributed by atoms with van der Waals surface area (Å²) in [5.41, 5.74) is 2.51. The average Bonchev–Trinajstić information content (AvgIpc) is 2.77. The van der Waals surface area contributed by atoms with Crippen molar-refractivity contribution in [2.75, 3.05) is 13.2 Å². The second-order valence-corrected chi connectivity index (χ2v) is 6.41. The second kappa shape index (κ2) is 7.85. The minimum Gasteiger partial charge on any atom is -0.486 e. The Morgan fingerprint density at radius 1 is 0.964 bits per heavy atom. The van der Waals surface area contributed by atoms with E-state index in [4.69, 9.17) is 9.47 Å². The largest absolute Gasteiger partial charge is 0.486 e. The van der Waals surface area contributed by atoms with Gasteiger partial charge in [-0.25, -0.2) is 0 Å². The first-order valence-corrected chi connectivity index (χ1v) is 9.01. The van der Waals surface area contributed by atoms with Crippen molar-refractivity contribution in [2.24, 2.45) is 0 Å². The first-order chi connectivity index (χ1) is 13.8. The summed E-state index contributed by atoms with van der Waals surface area (Å²) in [6, 6.07) is 24.2. The summed E-state index contributed by atoms with van der Waals surface area (Å²) in [6.07, 6.45) is -0.266. The molecule has 28 heavy (non-hydrogen) atoms. The van der Waals surface area contributed by atoms with Gasteiger partial charge in [0.15, 0.2) is 11.5 Å². The zero-order valence-corrected chi connectivity index (χ0v) is 15.1. The van der Waals surface area contributed by atoms with Crippen LogP contribution in [0.2, 0.25) is 0 Å². The first kappa shape index (κ1) is 17.6. The number of nitrogens with one attached hydrogen (secondary N) is 1. The van der Waals surface area contributed by atoms with E-state index in [1.807, 2.05) is 60.7 Å². The van der Waals surface area contributed by atoms with Gasteiger partial charge in [0.25, 0.3) is 5.91 Å². The molecule has 138 valence electrons. The number of hydrogen-bond donors (Lipinski definition) is 1. The predicted molar refractivity (Wildman–Crippen MR) is 105 cm³/mol. The van der Waals surface area contributed by atoms with E-state index < -0.39 is 0 Å². The quantitative estimate of drug-likeness (QED) is 0.758. The molecule has 0 radical (unpaired) electrons. The Kier molecular flexibility index (Phi) is 4.94. The summed E-state index contributed by atoms with van der Waals surface area (Å²) < 4.78 is 11.6. The molecule has 5 nitrogen and oxygen atoms in total. The molecule has 0 bridgehead atoms. The number of para-hydroxylation sites is 2. The van der Waals surface area contributed by atoms with Gasteiger partial charge in [-0.15, -0.1) is 0 Å². The van der Waals surface area contributed by atoms with Crippen LogP contribution in [0.4, 0.5) is 0 Å². The molecule has 1 aliphatic rings. The lowest BCUT2D eigenvalue weighted by molar-refractivity contribution is 0.0789. The molecule has 0 spiro atoms. The molecule has 1 N–H and O–H groups in total. The highest BCUT2D eigenvalue weighted by Gasteiger charge is 2.22. The summed E-state index contributed by atoms with van der Waals surface area (Å²) >= 11 is 0. The molecule has 1 unspecified atom stereocenters. The molecule has 0 saturated heterocycles. The third kappa shape index (κ3) is 3.53. The van der Waals surface area contributed by atoms with Crippen LogP contribution in [0.25, 0.3) is 11.1 Å². The van der Waals surface area contributed by atoms with Crippen molar-refractivity contribution in [3.8, 4) is 28.7 Å². The van der Waals surface area contributed by atoms with Crippen molar-refractivity contribution in [3.05, 3.63) is 83.9 Å². The van der Waals surface area contributed by atoms with Gasteiger partial charge in [0.2, 0.25) is 0 Å².